The molecule has 15 rings (SSSR count). The van der Waals surface area contributed by atoms with Crippen LogP contribution in [0.4, 0.5) is 30.6 Å². The van der Waals surface area contributed by atoms with Gasteiger partial charge < -0.3 is 76.1 Å². The maximum absolute atomic E-state index is 14.3. The second-order valence-electron chi connectivity index (χ2n) is 24.8. The van der Waals surface area contributed by atoms with Crippen molar-refractivity contribution in [3.63, 3.8) is 0 Å². The van der Waals surface area contributed by atoms with E-state index in [1.807, 2.05) is 20.8 Å². The predicted octanol–water partition coefficient (Wildman–Crippen LogP) is 6.55. The highest BCUT2D eigenvalue weighted by atomic mass is 32.2. The highest BCUT2D eigenvalue weighted by Crippen LogP contribution is 2.48. The van der Waals surface area contributed by atoms with Gasteiger partial charge in [0.25, 0.3) is 0 Å². The number of anilines is 3. The molecule has 0 aliphatic heterocycles. The van der Waals surface area contributed by atoms with Crippen molar-refractivity contribution in [1.82, 2.24) is 74.9 Å². The number of hydrogen-bond donors (Lipinski definition) is 12. The van der Waals surface area contributed by atoms with Gasteiger partial charge in [0.1, 0.15) is 53.9 Å². The van der Waals surface area contributed by atoms with Gasteiger partial charge in [-0.15, -0.1) is 15.3 Å². The molecule has 6 aromatic heterocycles. The van der Waals surface area contributed by atoms with Crippen molar-refractivity contribution in [3.05, 3.63) is 105 Å². The quantitative estimate of drug-likeness (QED) is 0.0168. The summed E-state index contributed by atoms with van der Waals surface area (Å²) in [4.78, 5) is 26.2. The van der Waals surface area contributed by atoms with E-state index in [-0.39, 0.29) is 74.4 Å². The Hall–Kier alpha value is -7.14. The number of aryl methyl sites for hydroxylation is 3. The number of halogens is 3. The second-order valence-corrected chi connectivity index (χ2v) is 28.0. The summed E-state index contributed by atoms with van der Waals surface area (Å²) >= 11 is 3.44. The zero-order valence-electron chi connectivity index (χ0n) is 83.4. The molecule has 6 saturated carbocycles. The molecule has 30 nitrogen and oxygen atoms in total. The lowest BCUT2D eigenvalue weighted by molar-refractivity contribution is -0.0629. The van der Waals surface area contributed by atoms with Gasteiger partial charge in [-0.3, -0.25) is 0 Å². The number of aliphatic hydroxyl groups is 9. The first-order chi connectivity index (χ1) is 61.1. The van der Waals surface area contributed by atoms with Crippen LogP contribution in [0.2, 0.25) is 0 Å². The third-order valence-corrected chi connectivity index (χ3v) is 20.2. The number of rotatable bonds is 30. The van der Waals surface area contributed by atoms with Crippen molar-refractivity contribution in [2.45, 2.75) is 223 Å². The summed E-state index contributed by atoms with van der Waals surface area (Å²) < 4.78 is 270. The maximum atomic E-state index is 14.3. The number of aliphatic hydroxyl groups excluding tert-OH is 2. The van der Waals surface area contributed by atoms with Crippen molar-refractivity contribution < 1.29 is 108 Å². The molecule has 6 heterocycles. The number of nitrogens with zero attached hydrogens (tertiary/aromatic N) is 15. The van der Waals surface area contributed by atoms with Crippen LogP contribution in [0.15, 0.2) is 70.1 Å². The molecule has 582 valence electrons. The van der Waals surface area contributed by atoms with Crippen LogP contribution in [-0.4, -0.2) is 250 Å². The standard InChI is InChI=1S/3C24H31FN6O4S/c3*1-3-8-36-24-27-22(26-16-10-14(16)13-5-4-12(2)15(25)9-13)19-23(28-24)31(30-29-19)17-11-18(35-7-6-32)21(34)20(17)33/h3*4-5,9,14,16-18,20-21,32-34H,3,6-8,10-11H2,1-2H3,(H,26,27,28)/t3*14-,16+,17+,18-,20-,21+/m000/s1/i7D2,11D2,16D,17D,18D,20D,21D;6D2,11D2,16D,17D,18D,20D,21D;11D2,16D,17D,18D,20D,21D. The Balaban J connectivity index is 0.000000169. The zero-order valence-corrected chi connectivity index (χ0v) is 60.9. The lowest BCUT2D eigenvalue weighted by Gasteiger charge is -2.17. The van der Waals surface area contributed by atoms with Crippen LogP contribution in [0.3, 0.4) is 0 Å². The fourth-order valence-corrected chi connectivity index (χ4v) is 13.2. The van der Waals surface area contributed by atoms with E-state index in [1.165, 1.54) is 30.0 Å². The summed E-state index contributed by atoms with van der Waals surface area (Å²) in [7, 11) is 0. The van der Waals surface area contributed by atoms with E-state index in [1.54, 1.807) is 57.2 Å². The molecular formula is C72H93F3N18O12S3. The van der Waals surface area contributed by atoms with Gasteiger partial charge in [0.2, 0.25) is 0 Å². The molecule has 0 unspecified atom stereocenters. The predicted molar refractivity (Wildman–Crippen MR) is 398 cm³/mol. The third kappa shape index (κ3) is 17.5. The number of aromatic nitrogens is 15. The van der Waals surface area contributed by atoms with Gasteiger partial charge in [0, 0.05) is 80.4 Å². The van der Waals surface area contributed by atoms with E-state index in [0.717, 1.165) is 23.5 Å². The SMILES string of the molecule is [2H]C([2H])(CO)O[C@@]1([2H])C([2H])([2H])[C@@]([2H])(n2nnc3c(N[C@]4([2H])C[C@H]4c4ccc(C)c(F)c4)nc(SCCC)nc32)[C@]([2H])(O)[C@]1([2H])O.[2H]C([2H])(O)CO[C@@]1([2H])C([2H])([2H])[C@@]([2H])(n2nnc3c(N[C@]4([2H])C[C@H]4c4ccc(C)c(F)c4)nc(SCCC)nc32)[C@]([2H])(O)[C@]1([2H])O.[2H]C1([2H])[C@]([2H])(OCCO)[C@@]([2H])(O)[C@@]([2H])(O)[C@]1([2H])n1nnc2c(N[C@]3([2H])C[C@H]3c3ccc(C)c(F)c3)nc(SCCC)nc21. The average Bonchev–Trinajstić information content (AvgIpc) is 1.49. The monoisotopic (exact) mass is 1580 g/mol. The van der Waals surface area contributed by atoms with Gasteiger partial charge in [0.15, 0.2) is 66.4 Å². The number of hydrogen-bond acceptors (Lipinski definition) is 30. The first kappa shape index (κ1) is 52.9. The van der Waals surface area contributed by atoms with Crippen LogP contribution in [0.5, 0.6) is 0 Å². The van der Waals surface area contributed by atoms with Gasteiger partial charge >= 0.3 is 0 Å². The number of fused-ring (bicyclic) bond motifs is 3. The lowest BCUT2D eigenvalue weighted by Crippen LogP contribution is -2.33. The van der Waals surface area contributed by atoms with E-state index in [9.17, 15) is 59.1 Å². The molecular weight excluding hydrogens is 1460 g/mol. The Morgan fingerprint density at radius 3 is 1.09 bits per heavy atom. The zero-order chi connectivity index (χ0) is 99.0. The van der Waals surface area contributed by atoms with Crippen molar-refractivity contribution in [2.75, 3.05) is 72.8 Å². The van der Waals surface area contributed by atoms with E-state index in [4.69, 9.17) is 48.5 Å². The van der Waals surface area contributed by atoms with E-state index < -0.39 is 196 Å². The van der Waals surface area contributed by atoms with Crippen LogP contribution in [0, 0.1) is 38.2 Å². The van der Waals surface area contributed by atoms with Gasteiger partial charge in [0.05, 0.1) is 102 Å². The molecule has 18 atom stereocenters. The largest absolute Gasteiger partial charge is 0.394 e. The average molecular weight is 1580 g/mol. The Morgan fingerprint density at radius 2 is 0.796 bits per heavy atom. The summed E-state index contributed by atoms with van der Waals surface area (Å²) in [5.74, 6) is -1.32. The Kier molecular flexibility index (Phi) is 17.2. The number of benzene rings is 3. The van der Waals surface area contributed by atoms with Gasteiger partial charge in [-0.25, -0.2) is 57.1 Å². The van der Waals surface area contributed by atoms with E-state index >= 15 is 0 Å². The summed E-state index contributed by atoms with van der Waals surface area (Å²) in [6, 6.07) is -0.891. The topological polar surface area (TPSA) is 415 Å². The molecule has 0 saturated heterocycles. The Labute approximate surface area is 668 Å². The van der Waals surface area contributed by atoms with Crippen LogP contribution in [0.1, 0.15) is 182 Å². The minimum Gasteiger partial charge on any atom is -0.394 e. The minimum absolute atomic E-state index is 0.0272. The summed E-state index contributed by atoms with van der Waals surface area (Å²) in [6.07, 6.45) is -42.9. The normalized spacial score (nSPS) is 42.9. The van der Waals surface area contributed by atoms with E-state index in [2.05, 4.69) is 76.8 Å². The number of thioether (sulfide) groups is 3. The lowest BCUT2D eigenvalue weighted by atomic mass is 10.1. The molecule has 36 heteroatoms. The van der Waals surface area contributed by atoms with Crippen molar-refractivity contribution >= 4 is 86.2 Å². The fourth-order valence-electron chi connectivity index (χ4n) is 11.1. The second kappa shape index (κ2) is 35.1. The van der Waals surface area contributed by atoms with Crippen LogP contribution >= 0.6 is 35.3 Å². The smallest absolute Gasteiger partial charge is 0.191 e. The van der Waals surface area contributed by atoms with Crippen LogP contribution in [0.25, 0.3) is 33.5 Å². The molecule has 108 heavy (non-hydrogen) atoms. The molecule has 0 bridgehead atoms. The Morgan fingerprint density at radius 1 is 0.472 bits per heavy atom. The molecule has 3 aromatic carbocycles. The molecule has 0 spiro atoms. The number of nitrogens with one attached hydrogen (secondary N) is 3. The van der Waals surface area contributed by atoms with E-state index in [0.29, 0.717) is 83.9 Å². The molecule has 0 amide bonds. The highest BCUT2D eigenvalue weighted by molar-refractivity contribution is 7.99. The van der Waals surface area contributed by atoms with Gasteiger partial charge in [-0.2, -0.15) is 0 Å². The van der Waals surface area contributed by atoms with Gasteiger partial charge in [-0.05, 0) is 111 Å². The molecule has 6 aliphatic carbocycles. The summed E-state index contributed by atoms with van der Waals surface area (Å²) in [5, 5.41) is 126. The molecule has 6 fully saturated rings. The molecule has 6 aliphatic rings. The third-order valence-electron chi connectivity index (χ3n) is 17.0. The first-order valence-electron chi connectivity index (χ1n) is 46.3. The molecule has 9 aromatic rings. The van der Waals surface area contributed by atoms with Crippen molar-refractivity contribution in [2.24, 2.45) is 0 Å². The molecule has 0 radical (unpaired) electrons. The van der Waals surface area contributed by atoms with Gasteiger partial charge in [-0.1, -0.05) is 108 Å². The minimum atomic E-state index is -4.06. The maximum Gasteiger partial charge on any atom is 0.191 e. The number of ether oxygens (including phenoxy) is 3. The first-order valence-corrected chi connectivity index (χ1v) is 36.8. The summed E-state index contributed by atoms with van der Waals surface area (Å²) in [5.41, 5.74) is 1.04. The Bertz CT molecular complexity index is 5990. The fraction of sp³-hybridized carbons (Fsp3) is 0.583. The summed E-state index contributed by atoms with van der Waals surface area (Å²) in [6.45, 7) is -0.319. The highest BCUT2D eigenvalue weighted by Gasteiger charge is 2.49. The van der Waals surface area contributed by atoms with Crippen LogP contribution in [-0.2, 0) is 14.2 Å². The van der Waals surface area contributed by atoms with Crippen molar-refractivity contribution in [1.29, 1.82) is 0 Å². The van der Waals surface area contributed by atoms with Crippen molar-refractivity contribution in [3.8, 4) is 0 Å². The molecule has 12 N–H and O–H groups in total. The van der Waals surface area contributed by atoms with Crippen LogP contribution < -0.4 is 16.0 Å².